The molecule has 5 nitrogen and oxygen atoms in total. The molecule has 122 valence electrons. The number of hydrogen-bond acceptors (Lipinski definition) is 5. The number of aliphatic imine (C=N–C) groups is 1. The van der Waals surface area contributed by atoms with Crippen molar-refractivity contribution < 1.29 is 0 Å². The van der Waals surface area contributed by atoms with Gasteiger partial charge in [0.1, 0.15) is 17.5 Å². The van der Waals surface area contributed by atoms with Gasteiger partial charge >= 0.3 is 0 Å². The lowest BCUT2D eigenvalue weighted by Gasteiger charge is -2.25. The number of H-pyrrole nitrogens is 1. The number of hydrogen-bond donors (Lipinski definition) is 2. The first kappa shape index (κ1) is 14.0. The van der Waals surface area contributed by atoms with E-state index < -0.39 is 0 Å². The van der Waals surface area contributed by atoms with Crippen LogP contribution in [0, 0.1) is 0 Å². The molecule has 0 saturated carbocycles. The minimum Gasteiger partial charge on any atom is -0.346 e. The second-order valence-corrected chi connectivity index (χ2v) is 7.62. The van der Waals surface area contributed by atoms with Crippen molar-refractivity contribution in [1.29, 1.82) is 0 Å². The van der Waals surface area contributed by atoms with Crippen LogP contribution < -0.4 is 10.2 Å². The molecule has 1 aromatic carbocycles. The summed E-state index contributed by atoms with van der Waals surface area (Å²) in [6, 6.07) is 6.27. The number of thiophene rings is 1. The Hall–Kier alpha value is -2.34. The van der Waals surface area contributed by atoms with Gasteiger partial charge in [0.15, 0.2) is 0 Å². The SMILES string of the molecule is CN1CN=C(Nc2ccc3[nH]ncc3c2)c2c1sc1c2CCCC1. The van der Waals surface area contributed by atoms with E-state index in [1.165, 1.54) is 41.8 Å². The average Bonchev–Trinajstić information content (AvgIpc) is 3.22. The summed E-state index contributed by atoms with van der Waals surface area (Å²) >= 11 is 1.95. The van der Waals surface area contributed by atoms with Crippen molar-refractivity contribution >= 4 is 38.8 Å². The number of nitrogens with zero attached hydrogens (tertiary/aromatic N) is 3. The standard InChI is InChI=1S/C18H19N5S/c1-23-10-19-17(16-13-4-2-3-5-15(13)24-18(16)23)21-12-6-7-14-11(8-12)9-20-22-14/h6-9H,2-5,10H2,1H3,(H,19,21)(H,20,22). The lowest BCUT2D eigenvalue weighted by atomic mass is 9.94. The fraction of sp³-hybridized carbons (Fsp3) is 0.333. The maximum Gasteiger partial charge on any atom is 0.137 e. The first-order chi connectivity index (χ1) is 11.8. The molecular weight excluding hydrogens is 318 g/mol. The van der Waals surface area contributed by atoms with Crippen LogP contribution in [0.3, 0.4) is 0 Å². The van der Waals surface area contributed by atoms with Crippen LogP contribution in [0.2, 0.25) is 0 Å². The summed E-state index contributed by atoms with van der Waals surface area (Å²) in [4.78, 5) is 8.63. The zero-order chi connectivity index (χ0) is 16.1. The van der Waals surface area contributed by atoms with Crippen LogP contribution in [0.1, 0.15) is 28.8 Å². The molecule has 0 spiro atoms. The third-order valence-corrected chi connectivity index (χ3v) is 6.29. The van der Waals surface area contributed by atoms with Gasteiger partial charge in [0.25, 0.3) is 0 Å². The van der Waals surface area contributed by atoms with Gasteiger partial charge in [-0.1, -0.05) is 0 Å². The number of nitrogens with one attached hydrogen (secondary N) is 2. The summed E-state index contributed by atoms with van der Waals surface area (Å²) in [5.74, 6) is 1.02. The van der Waals surface area contributed by atoms with Gasteiger partial charge in [-0.05, 0) is 49.4 Å². The van der Waals surface area contributed by atoms with E-state index in [4.69, 9.17) is 4.99 Å². The molecule has 1 aliphatic carbocycles. The van der Waals surface area contributed by atoms with E-state index >= 15 is 0 Å². The van der Waals surface area contributed by atoms with Gasteiger partial charge in [0, 0.05) is 23.0 Å². The van der Waals surface area contributed by atoms with E-state index in [1.807, 2.05) is 17.5 Å². The predicted molar refractivity (Wildman–Crippen MR) is 100 cm³/mol. The summed E-state index contributed by atoms with van der Waals surface area (Å²) in [6.45, 7) is 0.711. The van der Waals surface area contributed by atoms with E-state index in [2.05, 4.69) is 45.7 Å². The van der Waals surface area contributed by atoms with Crippen molar-refractivity contribution in [1.82, 2.24) is 10.2 Å². The summed E-state index contributed by atoms with van der Waals surface area (Å²) in [5, 5.41) is 13.1. The molecular formula is C18H19N5S. The second-order valence-electron chi connectivity index (χ2n) is 6.53. The first-order valence-corrected chi connectivity index (χ1v) is 9.22. The van der Waals surface area contributed by atoms with Crippen molar-refractivity contribution in [2.24, 2.45) is 4.99 Å². The second kappa shape index (κ2) is 5.34. The lowest BCUT2D eigenvalue weighted by Crippen LogP contribution is -2.28. The van der Waals surface area contributed by atoms with Crippen molar-refractivity contribution in [3.05, 3.63) is 40.4 Å². The Kier molecular flexibility index (Phi) is 3.13. The number of aromatic amines is 1. The molecule has 1 aliphatic heterocycles. The normalized spacial score (nSPS) is 16.7. The largest absolute Gasteiger partial charge is 0.346 e. The number of aryl methyl sites for hydroxylation is 1. The number of aromatic nitrogens is 2. The molecule has 3 heterocycles. The summed E-state index contributed by atoms with van der Waals surface area (Å²) in [5.41, 5.74) is 4.97. The molecule has 3 aromatic rings. The van der Waals surface area contributed by atoms with Crippen molar-refractivity contribution in [2.75, 3.05) is 23.9 Å². The Balaban J connectivity index is 1.56. The molecule has 24 heavy (non-hydrogen) atoms. The molecule has 0 unspecified atom stereocenters. The Labute approximate surface area is 144 Å². The van der Waals surface area contributed by atoms with Crippen LogP contribution in [0.5, 0.6) is 0 Å². The van der Waals surface area contributed by atoms with E-state index in [-0.39, 0.29) is 0 Å². The minimum atomic E-state index is 0.711. The third kappa shape index (κ3) is 2.13. The smallest absolute Gasteiger partial charge is 0.137 e. The maximum absolute atomic E-state index is 4.81. The molecule has 0 saturated heterocycles. The first-order valence-electron chi connectivity index (χ1n) is 8.40. The number of fused-ring (bicyclic) bond motifs is 4. The summed E-state index contributed by atoms with van der Waals surface area (Å²) < 4.78 is 0. The quantitative estimate of drug-likeness (QED) is 0.711. The monoisotopic (exact) mass is 337 g/mol. The number of anilines is 2. The highest BCUT2D eigenvalue weighted by atomic mass is 32.1. The van der Waals surface area contributed by atoms with Crippen molar-refractivity contribution in [2.45, 2.75) is 25.7 Å². The lowest BCUT2D eigenvalue weighted by molar-refractivity contribution is 0.696. The summed E-state index contributed by atoms with van der Waals surface area (Å²) in [6.07, 6.45) is 6.85. The van der Waals surface area contributed by atoms with E-state index in [1.54, 1.807) is 4.88 Å². The molecule has 0 amide bonds. The topological polar surface area (TPSA) is 56.3 Å². The van der Waals surface area contributed by atoms with Gasteiger partial charge in [-0.3, -0.25) is 5.10 Å². The zero-order valence-electron chi connectivity index (χ0n) is 13.6. The van der Waals surface area contributed by atoms with Crippen LogP contribution in [-0.4, -0.2) is 29.7 Å². The minimum absolute atomic E-state index is 0.711. The number of rotatable bonds is 1. The molecule has 2 aliphatic rings. The molecule has 2 N–H and O–H groups in total. The van der Waals surface area contributed by atoms with Gasteiger partial charge in [0.05, 0.1) is 17.3 Å². The van der Waals surface area contributed by atoms with Crippen LogP contribution in [0.4, 0.5) is 10.7 Å². The van der Waals surface area contributed by atoms with Crippen LogP contribution in [0.25, 0.3) is 10.9 Å². The van der Waals surface area contributed by atoms with Crippen LogP contribution in [0.15, 0.2) is 29.4 Å². The summed E-state index contributed by atoms with van der Waals surface area (Å²) in [7, 11) is 2.14. The molecule has 0 fully saturated rings. The van der Waals surface area contributed by atoms with Gasteiger partial charge in [-0.15, -0.1) is 11.3 Å². The third-order valence-electron chi connectivity index (χ3n) is 4.88. The van der Waals surface area contributed by atoms with E-state index in [0.29, 0.717) is 6.67 Å². The van der Waals surface area contributed by atoms with Crippen LogP contribution in [-0.2, 0) is 12.8 Å². The van der Waals surface area contributed by atoms with Crippen molar-refractivity contribution in [3.8, 4) is 0 Å². The highest BCUT2D eigenvalue weighted by Gasteiger charge is 2.28. The molecule has 0 bridgehead atoms. The number of benzene rings is 1. The molecule has 5 rings (SSSR count). The Morgan fingerprint density at radius 3 is 3.12 bits per heavy atom. The maximum atomic E-state index is 4.81. The molecule has 0 radical (unpaired) electrons. The average molecular weight is 337 g/mol. The van der Waals surface area contributed by atoms with Crippen molar-refractivity contribution in [3.63, 3.8) is 0 Å². The Morgan fingerprint density at radius 2 is 2.17 bits per heavy atom. The molecule has 6 heteroatoms. The van der Waals surface area contributed by atoms with Gasteiger partial charge < -0.3 is 10.2 Å². The molecule has 0 atom stereocenters. The Bertz CT molecular complexity index is 952. The van der Waals surface area contributed by atoms with E-state index in [0.717, 1.165) is 22.4 Å². The fourth-order valence-electron chi connectivity index (χ4n) is 3.64. The number of amidine groups is 1. The van der Waals surface area contributed by atoms with E-state index in [9.17, 15) is 0 Å². The zero-order valence-corrected chi connectivity index (χ0v) is 14.4. The van der Waals surface area contributed by atoms with Gasteiger partial charge in [-0.25, -0.2) is 4.99 Å². The highest BCUT2D eigenvalue weighted by Crippen LogP contribution is 2.41. The van der Waals surface area contributed by atoms with Crippen LogP contribution >= 0.6 is 11.3 Å². The predicted octanol–water partition coefficient (Wildman–Crippen LogP) is 3.77. The highest BCUT2D eigenvalue weighted by molar-refractivity contribution is 7.16. The Morgan fingerprint density at radius 1 is 1.25 bits per heavy atom. The van der Waals surface area contributed by atoms with Gasteiger partial charge in [0.2, 0.25) is 0 Å². The fourth-order valence-corrected chi connectivity index (χ4v) is 4.99. The van der Waals surface area contributed by atoms with Gasteiger partial charge in [-0.2, -0.15) is 5.10 Å². The molecule has 2 aromatic heterocycles.